The maximum absolute atomic E-state index is 5.23. The molecule has 0 saturated carbocycles. The molecule has 9 aromatic carbocycles. The molecule has 5 heteroatoms. The topological polar surface area (TPSA) is 35.6 Å². The summed E-state index contributed by atoms with van der Waals surface area (Å²) in [6, 6.07) is 78.5. The lowest BCUT2D eigenvalue weighted by Crippen LogP contribution is -2.03. The molecule has 0 bridgehead atoms. The molecule has 0 unspecified atom stereocenters. The molecule has 0 atom stereocenters. The van der Waals surface area contributed by atoms with Gasteiger partial charge in [0, 0.05) is 58.5 Å². The van der Waals surface area contributed by atoms with Gasteiger partial charge in [0.25, 0.3) is 0 Å². The van der Waals surface area contributed by atoms with E-state index < -0.39 is 0 Å². The van der Waals surface area contributed by atoms with Crippen molar-refractivity contribution >= 4 is 75.1 Å². The highest BCUT2D eigenvalue weighted by atomic mass is 32.1. The number of benzene rings is 9. The first kappa shape index (κ1) is 35.6. The summed E-state index contributed by atoms with van der Waals surface area (Å²) in [6.45, 7) is 0. The van der Waals surface area contributed by atoms with Crippen LogP contribution in [0.5, 0.6) is 0 Å². The fourth-order valence-corrected chi connectivity index (χ4v) is 10.6. The quantitative estimate of drug-likeness (QED) is 0.167. The van der Waals surface area contributed by atoms with Crippen molar-refractivity contribution in [1.82, 2.24) is 19.1 Å². The van der Waals surface area contributed by atoms with Crippen molar-refractivity contribution in [3.8, 4) is 56.4 Å². The molecule has 0 N–H and O–H groups in total. The lowest BCUT2D eigenvalue weighted by atomic mass is 9.98. The van der Waals surface area contributed by atoms with E-state index in [0.29, 0.717) is 5.95 Å². The summed E-state index contributed by atoms with van der Waals surface area (Å²) in [5, 5.41) is 7.41. The monoisotopic (exact) mass is 820 g/mol. The van der Waals surface area contributed by atoms with Gasteiger partial charge in [0.15, 0.2) is 0 Å². The molecule has 0 fully saturated rings. The summed E-state index contributed by atoms with van der Waals surface area (Å²) in [4.78, 5) is 10.5. The number of hydrogen-bond acceptors (Lipinski definition) is 3. The van der Waals surface area contributed by atoms with Crippen molar-refractivity contribution in [1.29, 1.82) is 0 Å². The summed E-state index contributed by atoms with van der Waals surface area (Å²) in [5.41, 5.74) is 14.4. The average molecular weight is 821 g/mol. The molecule has 63 heavy (non-hydrogen) atoms. The maximum atomic E-state index is 5.23. The average Bonchev–Trinajstić information content (AvgIpc) is 4.01. The fourth-order valence-electron chi connectivity index (χ4n) is 9.56. The van der Waals surface area contributed by atoms with Crippen molar-refractivity contribution < 1.29 is 0 Å². The van der Waals surface area contributed by atoms with Crippen LogP contribution in [0.25, 0.3) is 120 Å². The summed E-state index contributed by atoms with van der Waals surface area (Å²) in [7, 11) is 0. The molecule has 0 radical (unpaired) electrons. The first-order valence-corrected chi connectivity index (χ1v) is 22.1. The molecule has 0 aliphatic rings. The molecule has 0 amide bonds. The maximum Gasteiger partial charge on any atom is 0.235 e. The highest BCUT2D eigenvalue weighted by molar-refractivity contribution is 7.25. The van der Waals surface area contributed by atoms with Crippen molar-refractivity contribution in [3.05, 3.63) is 218 Å². The molecule has 0 saturated heterocycles. The summed E-state index contributed by atoms with van der Waals surface area (Å²) >= 11 is 1.86. The van der Waals surface area contributed by atoms with Crippen molar-refractivity contribution in [2.45, 2.75) is 0 Å². The van der Waals surface area contributed by atoms with Crippen LogP contribution < -0.4 is 0 Å². The van der Waals surface area contributed by atoms with Crippen LogP contribution in [0.3, 0.4) is 0 Å². The van der Waals surface area contributed by atoms with Gasteiger partial charge in [-0.15, -0.1) is 11.3 Å². The van der Waals surface area contributed by atoms with Crippen LogP contribution in [0.1, 0.15) is 0 Å². The van der Waals surface area contributed by atoms with Gasteiger partial charge in [-0.1, -0.05) is 140 Å². The third kappa shape index (κ3) is 5.82. The van der Waals surface area contributed by atoms with Crippen LogP contribution in [0.15, 0.2) is 218 Å². The number of hydrogen-bond donors (Lipinski definition) is 0. The minimum atomic E-state index is 0.650. The van der Waals surface area contributed by atoms with Gasteiger partial charge in [-0.2, -0.15) is 0 Å². The van der Waals surface area contributed by atoms with Crippen molar-refractivity contribution in [2.75, 3.05) is 0 Å². The van der Waals surface area contributed by atoms with Crippen molar-refractivity contribution in [3.63, 3.8) is 0 Å². The standard InChI is InChI=1S/C58H36N4S/c1-4-14-37(15-5-1)50-36-51(38-16-6-2-7-17-38)60-58(59-50)62-53-23-13-11-21-45(53)47-33-40(25-29-55(47)62)42-27-31-57-49(35-42)48-34-41(26-30-56(48)63-57)39-24-28-54-46(32-39)44-20-10-12-22-52(44)61(54)43-18-8-3-9-19-43/h1-36H. The molecular weight excluding hydrogens is 785 g/mol. The van der Waals surface area contributed by atoms with Crippen LogP contribution in [0.2, 0.25) is 0 Å². The lowest BCUT2D eigenvalue weighted by Gasteiger charge is -2.12. The Balaban J connectivity index is 0.929. The minimum absolute atomic E-state index is 0.650. The Kier molecular flexibility index (Phi) is 8.05. The molecule has 0 spiro atoms. The number of nitrogens with zero attached hydrogens (tertiary/aromatic N) is 4. The Hall–Kier alpha value is -8.12. The summed E-state index contributed by atoms with van der Waals surface area (Å²) in [5.74, 6) is 0.650. The van der Waals surface area contributed by atoms with Crippen LogP contribution in [0, 0.1) is 0 Å². The highest BCUT2D eigenvalue weighted by Gasteiger charge is 2.19. The largest absolute Gasteiger partial charge is 0.309 e. The number of aromatic nitrogens is 4. The van der Waals surface area contributed by atoms with E-state index in [0.717, 1.165) is 33.5 Å². The number of para-hydroxylation sites is 3. The Morgan fingerprint density at radius 3 is 1.21 bits per heavy atom. The molecule has 0 aliphatic heterocycles. The van der Waals surface area contributed by atoms with E-state index in [2.05, 4.69) is 215 Å². The molecule has 13 aromatic rings. The second-order valence-corrected chi connectivity index (χ2v) is 17.3. The Labute approximate surface area is 367 Å². The Morgan fingerprint density at radius 1 is 0.286 bits per heavy atom. The number of rotatable bonds is 6. The van der Waals surface area contributed by atoms with E-state index in [1.54, 1.807) is 0 Å². The SMILES string of the molecule is c1ccc(-c2cc(-c3ccccc3)nc(-n3c4ccccc4c4cc(-c5ccc6sc7ccc(-c8ccc9c(c8)c8ccccc8n9-c8ccccc8)cc7c6c5)ccc43)n2)cc1. The number of fused-ring (bicyclic) bond motifs is 9. The van der Waals surface area contributed by atoms with Crippen LogP contribution >= 0.6 is 11.3 Å². The van der Waals surface area contributed by atoms with Crippen molar-refractivity contribution in [2.24, 2.45) is 0 Å². The Bertz CT molecular complexity index is 3840. The minimum Gasteiger partial charge on any atom is -0.309 e. The fraction of sp³-hybridized carbons (Fsp3) is 0. The molecule has 0 aliphatic carbocycles. The second-order valence-electron chi connectivity index (χ2n) is 16.2. The first-order chi connectivity index (χ1) is 31.2. The van der Waals surface area contributed by atoms with Gasteiger partial charge in [0.2, 0.25) is 5.95 Å². The van der Waals surface area contributed by atoms with Gasteiger partial charge in [-0.3, -0.25) is 4.57 Å². The van der Waals surface area contributed by atoms with Crippen LogP contribution in [-0.4, -0.2) is 19.1 Å². The predicted molar refractivity (Wildman–Crippen MR) is 265 cm³/mol. The zero-order valence-corrected chi connectivity index (χ0v) is 34.8. The van der Waals surface area contributed by atoms with Gasteiger partial charge >= 0.3 is 0 Å². The normalized spacial score (nSPS) is 11.8. The van der Waals surface area contributed by atoms with E-state index in [1.807, 2.05) is 23.5 Å². The van der Waals surface area contributed by atoms with E-state index >= 15 is 0 Å². The third-order valence-electron chi connectivity index (χ3n) is 12.5. The molecular formula is C58H36N4S. The molecule has 4 aromatic heterocycles. The van der Waals surface area contributed by atoms with Gasteiger partial charge in [0.05, 0.1) is 33.5 Å². The van der Waals surface area contributed by atoms with Gasteiger partial charge in [-0.05, 0) is 101 Å². The Morgan fingerprint density at radius 2 is 0.683 bits per heavy atom. The van der Waals surface area contributed by atoms with Crippen LogP contribution in [-0.2, 0) is 0 Å². The van der Waals surface area contributed by atoms with Gasteiger partial charge in [0.1, 0.15) is 0 Å². The number of thiophene rings is 1. The zero-order valence-electron chi connectivity index (χ0n) is 34.0. The summed E-state index contributed by atoms with van der Waals surface area (Å²) < 4.78 is 7.18. The van der Waals surface area contributed by atoms with Gasteiger partial charge in [-0.25, -0.2) is 9.97 Å². The smallest absolute Gasteiger partial charge is 0.235 e. The molecule has 4 heterocycles. The second kappa shape index (κ2) is 14.2. The molecule has 4 nitrogen and oxygen atoms in total. The van der Waals surface area contributed by atoms with Crippen LogP contribution in [0.4, 0.5) is 0 Å². The molecule has 294 valence electrons. The molecule has 13 rings (SSSR count). The lowest BCUT2D eigenvalue weighted by molar-refractivity contribution is 0.995. The first-order valence-electron chi connectivity index (χ1n) is 21.3. The highest BCUT2D eigenvalue weighted by Crippen LogP contribution is 2.42. The van der Waals surface area contributed by atoms with E-state index in [1.165, 1.54) is 80.7 Å². The third-order valence-corrected chi connectivity index (χ3v) is 13.7. The van der Waals surface area contributed by atoms with Gasteiger partial charge < -0.3 is 4.57 Å². The van der Waals surface area contributed by atoms with E-state index in [-0.39, 0.29) is 0 Å². The zero-order chi connectivity index (χ0) is 41.4. The predicted octanol–water partition coefficient (Wildman–Crippen LogP) is 15.7. The van der Waals surface area contributed by atoms with E-state index in [4.69, 9.17) is 9.97 Å². The van der Waals surface area contributed by atoms with E-state index in [9.17, 15) is 0 Å². The summed E-state index contributed by atoms with van der Waals surface area (Å²) in [6.07, 6.45) is 0.